The zero-order chi connectivity index (χ0) is 22.4. The van der Waals surface area contributed by atoms with E-state index >= 15 is 0 Å². The topological polar surface area (TPSA) is 94.8 Å². The Morgan fingerprint density at radius 2 is 1.17 bits per heavy atom. The summed E-state index contributed by atoms with van der Waals surface area (Å²) in [5.41, 5.74) is 0.684. The molecule has 3 aromatic carbocycles. The predicted molar refractivity (Wildman–Crippen MR) is 118 cm³/mol. The van der Waals surface area contributed by atoms with Crippen molar-refractivity contribution in [3.63, 3.8) is 0 Å². The number of rotatable bonds is 4. The van der Waals surface area contributed by atoms with Gasteiger partial charge in [-0.05, 0) is 42.0 Å². The second-order valence-corrected chi connectivity index (χ2v) is 9.73. The SMILES string of the molecule is O=S(=O)(O)c1ccc(C(c2cc(Cl)cc(Cl)c2O)c2cc(Cl)cc(Cl)c2O)cc1Cl. The number of phenols is 2. The van der Waals surface area contributed by atoms with E-state index in [2.05, 4.69) is 0 Å². The highest BCUT2D eigenvalue weighted by Crippen LogP contribution is 2.47. The maximum Gasteiger partial charge on any atom is 0.296 e. The lowest BCUT2D eigenvalue weighted by Crippen LogP contribution is -2.07. The second-order valence-electron chi connectivity index (χ2n) is 6.25. The minimum Gasteiger partial charge on any atom is -0.506 e. The molecule has 0 saturated carbocycles. The van der Waals surface area contributed by atoms with E-state index in [1.54, 1.807) is 0 Å². The minimum absolute atomic E-state index is 0.0456. The van der Waals surface area contributed by atoms with Crippen LogP contribution in [0.4, 0.5) is 0 Å². The highest BCUT2D eigenvalue weighted by atomic mass is 35.5. The largest absolute Gasteiger partial charge is 0.506 e. The Balaban J connectivity index is 2.37. The van der Waals surface area contributed by atoms with Gasteiger partial charge in [-0.2, -0.15) is 8.42 Å². The summed E-state index contributed by atoms with van der Waals surface area (Å²) < 4.78 is 32.3. The average Bonchev–Trinajstić information content (AvgIpc) is 2.62. The first-order valence-corrected chi connectivity index (χ1v) is 11.4. The van der Waals surface area contributed by atoms with E-state index in [1.165, 1.54) is 36.4 Å². The van der Waals surface area contributed by atoms with Crippen molar-refractivity contribution in [1.29, 1.82) is 0 Å². The van der Waals surface area contributed by atoms with Gasteiger partial charge >= 0.3 is 0 Å². The first-order valence-electron chi connectivity index (χ1n) is 8.03. The summed E-state index contributed by atoms with van der Waals surface area (Å²) in [4.78, 5) is -0.506. The molecule has 0 spiro atoms. The quantitative estimate of drug-likeness (QED) is 0.256. The molecule has 30 heavy (non-hydrogen) atoms. The molecule has 3 N–H and O–H groups in total. The molecule has 11 heteroatoms. The Labute approximate surface area is 197 Å². The van der Waals surface area contributed by atoms with Crippen LogP contribution in [0, 0.1) is 0 Å². The monoisotopic (exact) mass is 526 g/mol. The Morgan fingerprint density at radius 3 is 1.57 bits per heavy atom. The third-order valence-electron chi connectivity index (χ3n) is 4.30. The van der Waals surface area contributed by atoms with Gasteiger partial charge in [0.05, 0.1) is 15.1 Å². The Hall–Kier alpha value is -1.38. The predicted octanol–water partition coefficient (Wildman–Crippen LogP) is 6.79. The highest BCUT2D eigenvalue weighted by Gasteiger charge is 2.28. The standard InChI is InChI=1S/C19H11Cl5O5S/c20-9-4-11(18(25)14(23)6-9)17(12-5-10(21)7-15(24)19(12)26)8-1-2-16(13(22)3-8)30(27,28)29/h1-7,17,25-26H,(H,27,28,29). The van der Waals surface area contributed by atoms with Crippen molar-refractivity contribution in [2.24, 2.45) is 0 Å². The van der Waals surface area contributed by atoms with E-state index in [0.717, 1.165) is 6.07 Å². The van der Waals surface area contributed by atoms with Gasteiger partial charge in [0.15, 0.2) is 0 Å². The van der Waals surface area contributed by atoms with Gasteiger partial charge in [0.2, 0.25) is 0 Å². The number of hydrogen-bond donors (Lipinski definition) is 3. The van der Waals surface area contributed by atoms with E-state index in [9.17, 15) is 23.2 Å². The summed E-state index contributed by atoms with van der Waals surface area (Å²) in [6.45, 7) is 0. The smallest absolute Gasteiger partial charge is 0.296 e. The lowest BCUT2D eigenvalue weighted by molar-refractivity contribution is 0.458. The molecule has 3 aromatic rings. The summed E-state index contributed by atoms with van der Waals surface area (Å²) >= 11 is 30.4. The number of hydrogen-bond acceptors (Lipinski definition) is 4. The van der Waals surface area contributed by atoms with Crippen LogP contribution >= 0.6 is 58.0 Å². The average molecular weight is 529 g/mol. The molecule has 0 atom stereocenters. The normalized spacial score (nSPS) is 11.8. The van der Waals surface area contributed by atoms with Gasteiger partial charge in [0.25, 0.3) is 10.1 Å². The fourth-order valence-electron chi connectivity index (χ4n) is 3.04. The molecular weight excluding hydrogens is 518 g/mol. The maximum absolute atomic E-state index is 11.5. The molecule has 0 aliphatic heterocycles. The van der Waals surface area contributed by atoms with Crippen molar-refractivity contribution in [3.05, 3.63) is 84.3 Å². The lowest BCUT2D eigenvalue weighted by atomic mass is 9.84. The van der Waals surface area contributed by atoms with Crippen LogP contribution in [-0.4, -0.2) is 23.2 Å². The van der Waals surface area contributed by atoms with Crippen molar-refractivity contribution in [3.8, 4) is 11.5 Å². The summed E-state index contributed by atoms with van der Waals surface area (Å²) in [5.74, 6) is -1.60. The zero-order valence-electron chi connectivity index (χ0n) is 14.6. The molecule has 158 valence electrons. The van der Waals surface area contributed by atoms with Gasteiger partial charge in [-0.25, -0.2) is 0 Å². The Morgan fingerprint density at radius 1 is 0.700 bits per heavy atom. The van der Waals surface area contributed by atoms with Crippen LogP contribution in [0.5, 0.6) is 11.5 Å². The second kappa shape index (κ2) is 8.63. The highest BCUT2D eigenvalue weighted by molar-refractivity contribution is 7.86. The van der Waals surface area contributed by atoms with Gasteiger partial charge in [-0.15, -0.1) is 0 Å². The summed E-state index contributed by atoms with van der Waals surface area (Å²) in [7, 11) is -4.56. The van der Waals surface area contributed by atoms with E-state index in [0.29, 0.717) is 5.56 Å². The van der Waals surface area contributed by atoms with Crippen molar-refractivity contribution in [2.75, 3.05) is 0 Å². The van der Waals surface area contributed by atoms with Crippen LogP contribution in [-0.2, 0) is 10.1 Å². The third kappa shape index (κ3) is 4.60. The van der Waals surface area contributed by atoms with Crippen molar-refractivity contribution >= 4 is 68.1 Å². The van der Waals surface area contributed by atoms with Gasteiger partial charge < -0.3 is 10.2 Å². The summed E-state index contributed by atoms with van der Waals surface area (Å²) in [6.07, 6.45) is 0. The molecule has 0 bridgehead atoms. The summed E-state index contributed by atoms with van der Waals surface area (Å²) in [6, 6.07) is 9.21. The van der Waals surface area contributed by atoms with Gasteiger partial charge in [-0.3, -0.25) is 4.55 Å². The Kier molecular flexibility index (Phi) is 6.70. The first-order chi connectivity index (χ1) is 13.9. The van der Waals surface area contributed by atoms with Crippen LogP contribution in [0.25, 0.3) is 0 Å². The number of halogens is 5. The molecule has 5 nitrogen and oxygen atoms in total. The van der Waals surface area contributed by atoms with Gasteiger partial charge in [0, 0.05) is 27.1 Å². The zero-order valence-corrected chi connectivity index (χ0v) is 19.2. The molecule has 0 amide bonds. The Bertz CT molecular complexity index is 1200. The van der Waals surface area contributed by atoms with Crippen molar-refractivity contribution in [2.45, 2.75) is 10.8 Å². The fourth-order valence-corrected chi connectivity index (χ4v) is 5.09. The molecule has 3 rings (SSSR count). The van der Waals surface area contributed by atoms with Crippen molar-refractivity contribution < 1.29 is 23.2 Å². The van der Waals surface area contributed by atoms with E-state index in [1.807, 2.05) is 0 Å². The molecule has 0 radical (unpaired) electrons. The maximum atomic E-state index is 11.5. The van der Waals surface area contributed by atoms with Crippen molar-refractivity contribution in [1.82, 2.24) is 0 Å². The van der Waals surface area contributed by atoms with Crippen LogP contribution < -0.4 is 0 Å². The number of phenolic OH excluding ortho intramolecular Hbond substituents is 2. The van der Waals surface area contributed by atoms with E-state index in [-0.39, 0.29) is 47.7 Å². The number of aromatic hydroxyl groups is 2. The molecule has 0 heterocycles. The molecule has 0 fully saturated rings. The third-order valence-corrected chi connectivity index (χ3v) is 6.65. The molecular formula is C19H11Cl5O5S. The molecule has 0 saturated heterocycles. The van der Waals surface area contributed by atoms with Gasteiger partial charge in [-0.1, -0.05) is 64.1 Å². The molecule has 0 unspecified atom stereocenters. The minimum atomic E-state index is -4.56. The van der Waals surface area contributed by atoms with Crippen LogP contribution in [0.2, 0.25) is 25.1 Å². The first kappa shape index (κ1) is 23.3. The van der Waals surface area contributed by atoms with E-state index < -0.39 is 20.9 Å². The van der Waals surface area contributed by atoms with Crippen LogP contribution in [0.3, 0.4) is 0 Å². The molecule has 0 aliphatic rings. The molecule has 0 aliphatic carbocycles. The van der Waals surface area contributed by atoms with Crippen LogP contribution in [0.15, 0.2) is 47.4 Å². The van der Waals surface area contributed by atoms with Crippen LogP contribution in [0.1, 0.15) is 22.6 Å². The number of benzene rings is 3. The van der Waals surface area contributed by atoms with E-state index in [4.69, 9.17) is 58.0 Å². The lowest BCUT2D eigenvalue weighted by Gasteiger charge is -2.23. The fraction of sp³-hybridized carbons (Fsp3) is 0.0526. The van der Waals surface area contributed by atoms with Gasteiger partial charge in [0.1, 0.15) is 16.4 Å². The molecule has 0 aromatic heterocycles. The summed E-state index contributed by atoms with van der Waals surface area (Å²) in [5, 5.41) is 21.2.